The van der Waals surface area contributed by atoms with Gasteiger partial charge in [0.05, 0.1) is 5.69 Å². The van der Waals surface area contributed by atoms with Crippen molar-refractivity contribution < 1.29 is 4.39 Å². The predicted molar refractivity (Wildman–Crippen MR) is 84.1 cm³/mol. The molecular formula is C17H14FN5. The lowest BCUT2D eigenvalue weighted by atomic mass is 10.0. The van der Waals surface area contributed by atoms with Crippen LogP contribution in [-0.4, -0.2) is 15.2 Å². The van der Waals surface area contributed by atoms with Gasteiger partial charge in [0.15, 0.2) is 5.82 Å². The molecule has 2 aromatic carbocycles. The molecule has 5 nitrogen and oxygen atoms in total. The Labute approximate surface area is 132 Å². The fraction of sp³-hybridized carbons (Fsp3) is 0.118. The Kier molecular flexibility index (Phi) is 4.02. The van der Waals surface area contributed by atoms with Crippen LogP contribution in [0.2, 0.25) is 0 Å². The number of nitrogens with zero attached hydrogens (tertiary/aromatic N) is 3. The summed E-state index contributed by atoms with van der Waals surface area (Å²) in [5.74, 6) is 0.653. The molecule has 0 spiro atoms. The van der Waals surface area contributed by atoms with Crippen LogP contribution in [0.15, 0.2) is 48.5 Å². The minimum absolute atomic E-state index is 0.0271. The van der Waals surface area contributed by atoms with Crippen molar-refractivity contribution in [2.45, 2.75) is 13.0 Å². The number of benzene rings is 2. The molecule has 0 saturated carbocycles. The van der Waals surface area contributed by atoms with E-state index >= 15 is 0 Å². The number of nitrogens with one attached hydrogen (secondary N) is 2. The Morgan fingerprint density at radius 3 is 2.61 bits per heavy atom. The molecule has 0 fully saturated rings. The van der Waals surface area contributed by atoms with Gasteiger partial charge in [-0.25, -0.2) is 9.37 Å². The fourth-order valence-corrected chi connectivity index (χ4v) is 2.35. The molecule has 0 aliphatic heterocycles. The first-order valence-electron chi connectivity index (χ1n) is 7.08. The number of aryl methyl sites for hydroxylation is 1. The van der Waals surface area contributed by atoms with Gasteiger partial charge in [-0.05, 0) is 24.6 Å². The summed E-state index contributed by atoms with van der Waals surface area (Å²) in [6.45, 7) is 1.81. The summed E-state index contributed by atoms with van der Waals surface area (Å²) in [6.07, 6.45) is 0. The molecule has 23 heavy (non-hydrogen) atoms. The highest BCUT2D eigenvalue weighted by molar-refractivity contribution is 5.59. The monoisotopic (exact) mass is 307 g/mol. The second-order valence-corrected chi connectivity index (χ2v) is 5.04. The molecule has 6 heteroatoms. The minimum atomic E-state index is -0.560. The van der Waals surface area contributed by atoms with Crippen molar-refractivity contribution in [2.75, 3.05) is 5.32 Å². The van der Waals surface area contributed by atoms with Gasteiger partial charge in [-0.1, -0.05) is 36.4 Å². The number of hydrogen-bond acceptors (Lipinski definition) is 4. The molecule has 0 aliphatic carbocycles. The van der Waals surface area contributed by atoms with Gasteiger partial charge in [0.25, 0.3) is 0 Å². The standard InChI is InChI=1S/C17H14FN5/c1-11-20-17(23-22-11)16(12-6-3-2-4-7-12)21-15-9-5-8-14(18)13(15)10-19/h2-9,16,21H,1H3,(H,20,22,23). The summed E-state index contributed by atoms with van der Waals surface area (Å²) in [7, 11) is 0. The van der Waals surface area contributed by atoms with E-state index in [0.29, 0.717) is 17.3 Å². The van der Waals surface area contributed by atoms with Gasteiger partial charge in [0.1, 0.15) is 29.3 Å². The zero-order valence-electron chi connectivity index (χ0n) is 12.4. The first kappa shape index (κ1) is 14.7. The lowest BCUT2D eigenvalue weighted by Gasteiger charge is -2.18. The lowest BCUT2D eigenvalue weighted by molar-refractivity contribution is 0.624. The summed E-state index contributed by atoms with van der Waals surface area (Å²) in [4.78, 5) is 4.36. The summed E-state index contributed by atoms with van der Waals surface area (Å²) in [6, 6.07) is 15.5. The Hall–Kier alpha value is -3.20. The molecule has 0 amide bonds. The fourth-order valence-electron chi connectivity index (χ4n) is 2.35. The van der Waals surface area contributed by atoms with Gasteiger partial charge in [-0.15, -0.1) is 0 Å². The van der Waals surface area contributed by atoms with Crippen molar-refractivity contribution in [3.63, 3.8) is 0 Å². The zero-order valence-corrected chi connectivity index (χ0v) is 12.4. The molecule has 1 unspecified atom stereocenters. The van der Waals surface area contributed by atoms with Gasteiger partial charge in [-0.3, -0.25) is 5.10 Å². The Morgan fingerprint density at radius 2 is 1.96 bits per heavy atom. The van der Waals surface area contributed by atoms with E-state index in [-0.39, 0.29) is 5.56 Å². The van der Waals surface area contributed by atoms with Gasteiger partial charge >= 0.3 is 0 Å². The van der Waals surface area contributed by atoms with Crippen molar-refractivity contribution in [1.29, 1.82) is 5.26 Å². The zero-order chi connectivity index (χ0) is 16.2. The Balaban J connectivity index is 2.04. The quantitative estimate of drug-likeness (QED) is 0.775. The number of halogens is 1. The van der Waals surface area contributed by atoms with Crippen molar-refractivity contribution in [1.82, 2.24) is 15.2 Å². The third kappa shape index (κ3) is 3.04. The van der Waals surface area contributed by atoms with Crippen molar-refractivity contribution >= 4 is 5.69 Å². The number of rotatable bonds is 4. The number of aromatic nitrogens is 3. The van der Waals surface area contributed by atoms with Crippen LogP contribution < -0.4 is 5.32 Å². The first-order chi connectivity index (χ1) is 11.2. The number of nitriles is 1. The smallest absolute Gasteiger partial charge is 0.177 e. The SMILES string of the molecule is Cc1nc(C(Nc2cccc(F)c2C#N)c2ccccc2)n[nH]1. The molecule has 2 N–H and O–H groups in total. The summed E-state index contributed by atoms with van der Waals surface area (Å²) >= 11 is 0. The lowest BCUT2D eigenvalue weighted by Crippen LogP contribution is -2.15. The molecule has 0 saturated heterocycles. The number of hydrogen-bond donors (Lipinski definition) is 2. The summed E-state index contributed by atoms with van der Waals surface area (Å²) in [5, 5.41) is 19.4. The topological polar surface area (TPSA) is 77.4 Å². The van der Waals surface area contributed by atoms with Crippen LogP contribution in [0.25, 0.3) is 0 Å². The molecule has 1 heterocycles. The van der Waals surface area contributed by atoms with Gasteiger partial charge in [0.2, 0.25) is 0 Å². The molecule has 0 aliphatic rings. The van der Waals surface area contributed by atoms with Crippen LogP contribution in [0.1, 0.15) is 28.8 Å². The van der Waals surface area contributed by atoms with E-state index < -0.39 is 11.9 Å². The van der Waals surface area contributed by atoms with E-state index in [2.05, 4.69) is 20.5 Å². The van der Waals surface area contributed by atoms with Gasteiger partial charge < -0.3 is 5.32 Å². The third-order valence-electron chi connectivity index (χ3n) is 3.43. The van der Waals surface area contributed by atoms with E-state index in [4.69, 9.17) is 0 Å². The first-order valence-corrected chi connectivity index (χ1v) is 7.08. The number of H-pyrrole nitrogens is 1. The summed E-state index contributed by atoms with van der Waals surface area (Å²) < 4.78 is 13.8. The Bertz CT molecular complexity index is 851. The molecule has 3 aromatic rings. The van der Waals surface area contributed by atoms with Gasteiger partial charge in [0, 0.05) is 0 Å². The van der Waals surface area contributed by atoms with Crippen LogP contribution in [0, 0.1) is 24.1 Å². The van der Waals surface area contributed by atoms with Crippen LogP contribution in [0.5, 0.6) is 0 Å². The Morgan fingerprint density at radius 1 is 1.17 bits per heavy atom. The van der Waals surface area contributed by atoms with E-state index in [9.17, 15) is 9.65 Å². The average molecular weight is 307 g/mol. The second-order valence-electron chi connectivity index (χ2n) is 5.04. The molecule has 0 radical (unpaired) electrons. The molecule has 0 bridgehead atoms. The predicted octanol–water partition coefficient (Wildman–Crippen LogP) is 3.33. The van der Waals surface area contributed by atoms with E-state index in [1.165, 1.54) is 6.07 Å². The average Bonchev–Trinajstić information content (AvgIpc) is 2.99. The van der Waals surface area contributed by atoms with Crippen molar-refractivity contribution in [2.24, 2.45) is 0 Å². The molecule has 114 valence electrons. The molecular weight excluding hydrogens is 293 g/mol. The van der Waals surface area contributed by atoms with E-state index in [0.717, 1.165) is 5.56 Å². The number of aromatic amines is 1. The van der Waals surface area contributed by atoms with Crippen molar-refractivity contribution in [3.05, 3.63) is 77.1 Å². The van der Waals surface area contributed by atoms with Crippen LogP contribution in [0.4, 0.5) is 10.1 Å². The van der Waals surface area contributed by atoms with Crippen LogP contribution >= 0.6 is 0 Å². The summed E-state index contributed by atoms with van der Waals surface area (Å²) in [5.41, 5.74) is 1.30. The third-order valence-corrected chi connectivity index (χ3v) is 3.43. The van der Waals surface area contributed by atoms with Crippen LogP contribution in [-0.2, 0) is 0 Å². The molecule has 3 rings (SSSR count). The van der Waals surface area contributed by atoms with Crippen LogP contribution in [0.3, 0.4) is 0 Å². The highest BCUT2D eigenvalue weighted by Gasteiger charge is 2.20. The largest absolute Gasteiger partial charge is 0.370 e. The number of anilines is 1. The van der Waals surface area contributed by atoms with E-state index in [1.807, 2.05) is 36.4 Å². The minimum Gasteiger partial charge on any atom is -0.370 e. The van der Waals surface area contributed by atoms with Crippen molar-refractivity contribution in [3.8, 4) is 6.07 Å². The second kappa shape index (κ2) is 6.28. The van der Waals surface area contributed by atoms with Gasteiger partial charge in [-0.2, -0.15) is 10.4 Å². The maximum Gasteiger partial charge on any atom is 0.177 e. The van der Waals surface area contributed by atoms with E-state index in [1.54, 1.807) is 19.1 Å². The normalized spacial score (nSPS) is 11.7. The maximum absolute atomic E-state index is 13.8. The molecule has 1 aromatic heterocycles. The maximum atomic E-state index is 13.8. The molecule has 1 atom stereocenters. The highest BCUT2D eigenvalue weighted by Crippen LogP contribution is 2.27. The highest BCUT2D eigenvalue weighted by atomic mass is 19.1.